The zero-order valence-electron chi connectivity index (χ0n) is 19.6. The van der Waals surface area contributed by atoms with E-state index in [4.69, 9.17) is 14.2 Å². The number of hydrogen-bond donors (Lipinski definition) is 2. The smallest absolute Gasteiger partial charge is 0.146 e. The van der Waals surface area contributed by atoms with Gasteiger partial charge in [0, 0.05) is 43.3 Å². The molecule has 2 N–H and O–H groups in total. The fourth-order valence-electron chi connectivity index (χ4n) is 7.75. The predicted molar refractivity (Wildman–Crippen MR) is 112 cm³/mol. The van der Waals surface area contributed by atoms with E-state index in [1.54, 1.807) is 14.2 Å². The number of ketones is 1. The Morgan fingerprint density at radius 1 is 1.17 bits per heavy atom. The van der Waals surface area contributed by atoms with Gasteiger partial charge in [-0.15, -0.1) is 0 Å². The molecule has 2 saturated carbocycles. The average molecular weight is 423 g/mol. The molecule has 170 valence electrons. The molecular weight excluding hydrogens is 384 g/mol. The number of Topliss-reactive ketones (excluding diaryl/α,β-unsaturated/α-hetero) is 1. The molecule has 30 heavy (non-hydrogen) atoms. The van der Waals surface area contributed by atoms with Crippen LogP contribution in [0.3, 0.4) is 0 Å². The Hall–Kier alpha value is -0.790. The summed E-state index contributed by atoms with van der Waals surface area (Å²) in [6, 6.07) is 0. The molecule has 0 amide bonds. The van der Waals surface area contributed by atoms with Gasteiger partial charge in [-0.2, -0.15) is 0 Å². The molecule has 9 atom stereocenters. The summed E-state index contributed by atoms with van der Waals surface area (Å²) >= 11 is 0. The van der Waals surface area contributed by atoms with E-state index in [1.807, 2.05) is 34.6 Å². The highest BCUT2D eigenvalue weighted by Crippen LogP contribution is 2.65. The van der Waals surface area contributed by atoms with Gasteiger partial charge >= 0.3 is 0 Å². The van der Waals surface area contributed by atoms with Gasteiger partial charge in [-0.05, 0) is 30.4 Å². The number of carbonyl (C=O) groups is 1. The minimum atomic E-state index is -1.36. The van der Waals surface area contributed by atoms with Crippen LogP contribution in [0.2, 0.25) is 0 Å². The molecule has 0 aromatic carbocycles. The number of hydrogen-bond acceptors (Lipinski definition) is 6. The number of carbonyl (C=O) groups excluding carboxylic acids is 1. The zero-order chi connectivity index (χ0) is 22.4. The molecule has 3 fully saturated rings. The van der Waals surface area contributed by atoms with E-state index in [0.717, 1.165) is 17.6 Å². The van der Waals surface area contributed by atoms with E-state index in [-0.39, 0.29) is 24.2 Å². The third-order valence-corrected chi connectivity index (χ3v) is 9.77. The molecule has 6 nitrogen and oxygen atoms in total. The second kappa shape index (κ2) is 6.61. The van der Waals surface area contributed by atoms with Crippen LogP contribution in [-0.2, 0) is 19.0 Å². The average Bonchev–Trinajstić information content (AvgIpc) is 2.67. The lowest BCUT2D eigenvalue weighted by Gasteiger charge is -2.68. The van der Waals surface area contributed by atoms with Gasteiger partial charge in [0.2, 0.25) is 0 Å². The highest BCUT2D eigenvalue weighted by molar-refractivity contribution is 5.91. The summed E-state index contributed by atoms with van der Waals surface area (Å²) in [5.74, 6) is -0.628. The maximum atomic E-state index is 14.3. The fraction of sp³-hybridized carbons (Fsp3) is 0.875. The van der Waals surface area contributed by atoms with Crippen molar-refractivity contribution in [2.75, 3.05) is 20.8 Å². The third kappa shape index (κ3) is 2.30. The summed E-state index contributed by atoms with van der Waals surface area (Å²) in [5.41, 5.74) is -1.91. The van der Waals surface area contributed by atoms with Crippen molar-refractivity contribution in [1.29, 1.82) is 0 Å². The Kier molecular flexibility index (Phi) is 4.94. The van der Waals surface area contributed by atoms with Crippen LogP contribution in [0, 0.1) is 28.6 Å². The summed E-state index contributed by atoms with van der Waals surface area (Å²) in [7, 11) is 3.27. The second-order valence-electron chi connectivity index (χ2n) is 11.0. The minimum absolute atomic E-state index is 0.0417. The van der Waals surface area contributed by atoms with E-state index in [9.17, 15) is 15.0 Å². The molecule has 0 aromatic rings. The third-order valence-electron chi connectivity index (χ3n) is 9.77. The summed E-state index contributed by atoms with van der Waals surface area (Å²) < 4.78 is 18.2. The fourth-order valence-corrected chi connectivity index (χ4v) is 7.75. The van der Waals surface area contributed by atoms with Crippen molar-refractivity contribution in [3.05, 3.63) is 11.1 Å². The van der Waals surface area contributed by atoms with Crippen molar-refractivity contribution in [3.63, 3.8) is 0 Å². The number of fused-ring (bicyclic) bond motifs is 5. The van der Waals surface area contributed by atoms with Crippen molar-refractivity contribution in [2.24, 2.45) is 28.6 Å². The van der Waals surface area contributed by atoms with Crippen molar-refractivity contribution < 1.29 is 29.2 Å². The standard InChI is InChI=1S/C24H38O6/c1-12-9-16-23(29-8,11-30-16)18-20(28-7)24(27)10-15(25)13(2)17(21(24,4)5)14(3)19(26)22(12,18)6/h12,14-16,18,20,25,27H,9-11H2,1-8H3/t12?,14?,15?,16-,18+,20?,22-,23+,24-/m1/s1. The summed E-state index contributed by atoms with van der Waals surface area (Å²) in [6.45, 7) is 12.3. The number of aliphatic hydroxyl groups excluding tert-OH is 1. The zero-order valence-corrected chi connectivity index (χ0v) is 19.6. The maximum Gasteiger partial charge on any atom is 0.146 e. The predicted octanol–water partition coefficient (Wildman–Crippen LogP) is 2.50. The quantitative estimate of drug-likeness (QED) is 0.665. The van der Waals surface area contributed by atoms with E-state index < -0.39 is 46.1 Å². The van der Waals surface area contributed by atoms with Crippen molar-refractivity contribution in [1.82, 2.24) is 0 Å². The molecule has 3 aliphatic carbocycles. The van der Waals surface area contributed by atoms with Gasteiger partial charge in [0.15, 0.2) is 0 Å². The number of ether oxygens (including phenoxy) is 3. The lowest BCUT2D eigenvalue weighted by molar-refractivity contribution is -0.347. The molecule has 6 heteroatoms. The van der Waals surface area contributed by atoms with Crippen LogP contribution < -0.4 is 0 Å². The van der Waals surface area contributed by atoms with Gasteiger partial charge in [-0.3, -0.25) is 4.79 Å². The Labute approximate surface area is 180 Å². The molecule has 1 saturated heterocycles. The van der Waals surface area contributed by atoms with E-state index in [2.05, 4.69) is 6.92 Å². The first-order valence-corrected chi connectivity index (χ1v) is 11.2. The van der Waals surface area contributed by atoms with Crippen LogP contribution in [0.5, 0.6) is 0 Å². The highest BCUT2D eigenvalue weighted by Gasteiger charge is 2.74. The monoisotopic (exact) mass is 422 g/mol. The highest BCUT2D eigenvalue weighted by atomic mass is 16.6. The summed E-state index contributed by atoms with van der Waals surface area (Å²) in [4.78, 5) is 14.3. The van der Waals surface area contributed by atoms with Gasteiger partial charge in [-0.25, -0.2) is 0 Å². The number of methoxy groups -OCH3 is 2. The largest absolute Gasteiger partial charge is 0.389 e. The molecular formula is C24H38O6. The first-order valence-electron chi connectivity index (χ1n) is 11.2. The topological polar surface area (TPSA) is 85.2 Å². The van der Waals surface area contributed by atoms with Crippen molar-refractivity contribution in [2.45, 2.75) is 83.9 Å². The van der Waals surface area contributed by atoms with Crippen LogP contribution >= 0.6 is 0 Å². The number of aliphatic hydroxyl groups is 2. The van der Waals surface area contributed by atoms with Crippen LogP contribution in [0.4, 0.5) is 0 Å². The minimum Gasteiger partial charge on any atom is -0.389 e. The second-order valence-corrected chi connectivity index (χ2v) is 11.0. The van der Waals surface area contributed by atoms with Crippen molar-refractivity contribution in [3.8, 4) is 0 Å². The van der Waals surface area contributed by atoms with Gasteiger partial charge in [-0.1, -0.05) is 34.6 Å². The van der Waals surface area contributed by atoms with Gasteiger partial charge in [0.05, 0.1) is 24.9 Å². The molecule has 2 bridgehead atoms. The molecule has 4 aliphatic rings. The Bertz CT molecular complexity index is 785. The van der Waals surface area contributed by atoms with Gasteiger partial charge in [0.1, 0.15) is 17.0 Å². The van der Waals surface area contributed by atoms with Crippen LogP contribution in [0.25, 0.3) is 0 Å². The molecule has 4 rings (SSSR count). The normalized spacial score (nSPS) is 52.7. The molecule has 1 aliphatic heterocycles. The first kappa shape index (κ1) is 22.4. The molecule has 1 heterocycles. The molecule has 0 radical (unpaired) electrons. The molecule has 0 spiro atoms. The lowest BCUT2D eigenvalue weighted by Crippen LogP contribution is -2.79. The lowest BCUT2D eigenvalue weighted by atomic mass is 9.42. The van der Waals surface area contributed by atoms with E-state index in [1.165, 1.54) is 0 Å². The van der Waals surface area contributed by atoms with Gasteiger partial charge < -0.3 is 24.4 Å². The van der Waals surface area contributed by atoms with Crippen LogP contribution in [0.1, 0.15) is 54.4 Å². The Morgan fingerprint density at radius 3 is 2.30 bits per heavy atom. The summed E-state index contributed by atoms with van der Waals surface area (Å²) in [5, 5.41) is 23.3. The SMILES string of the molecule is COC1[C@@H]2[C@]3(OC)CO[C@@H]3CC(C)[C@@]2(C)C(=O)C(C)C2=C(C)C(O)C[C@]1(O)C2(C)C. The Morgan fingerprint density at radius 2 is 1.80 bits per heavy atom. The van der Waals surface area contributed by atoms with E-state index >= 15 is 0 Å². The number of rotatable bonds is 2. The molecule has 0 aromatic heterocycles. The van der Waals surface area contributed by atoms with Gasteiger partial charge in [0.25, 0.3) is 0 Å². The van der Waals surface area contributed by atoms with Crippen molar-refractivity contribution >= 4 is 5.78 Å². The summed E-state index contributed by atoms with van der Waals surface area (Å²) in [6.07, 6.45) is -0.740. The van der Waals surface area contributed by atoms with Crippen LogP contribution in [0.15, 0.2) is 11.1 Å². The van der Waals surface area contributed by atoms with E-state index in [0.29, 0.717) is 6.61 Å². The first-order chi connectivity index (χ1) is 13.8. The Balaban J connectivity index is 2.05. The maximum absolute atomic E-state index is 14.3. The van der Waals surface area contributed by atoms with Crippen LogP contribution in [-0.4, -0.2) is 66.3 Å². The molecule has 4 unspecified atom stereocenters.